The van der Waals surface area contributed by atoms with Gasteiger partial charge in [0.05, 0.1) is 13.0 Å². The molecule has 7 nitrogen and oxygen atoms in total. The highest BCUT2D eigenvalue weighted by Gasteiger charge is 2.28. The molecule has 1 amide bonds. The second kappa shape index (κ2) is 7.11. The minimum atomic E-state index is -0.952. The topological polar surface area (TPSA) is 83.0 Å². The highest BCUT2D eigenvalue weighted by atomic mass is 16.5. The Bertz CT molecular complexity index is 547. The maximum atomic E-state index is 11.9. The van der Waals surface area contributed by atoms with Crippen LogP contribution >= 0.6 is 0 Å². The molecular weight excluding hydrogens is 286 g/mol. The minimum absolute atomic E-state index is 0.0396. The molecule has 0 radical (unpaired) electrons. The molecule has 2 heterocycles. The van der Waals surface area contributed by atoms with Gasteiger partial charge >= 0.3 is 5.97 Å². The van der Waals surface area contributed by atoms with Gasteiger partial charge in [0.15, 0.2) is 11.6 Å². The van der Waals surface area contributed by atoms with E-state index >= 15 is 0 Å². The number of nitrogens with zero attached hydrogens (tertiary/aromatic N) is 3. The first-order chi connectivity index (χ1) is 10.5. The van der Waals surface area contributed by atoms with Crippen molar-refractivity contribution in [3.05, 3.63) is 18.3 Å². The van der Waals surface area contributed by atoms with E-state index in [1.165, 1.54) is 0 Å². The summed E-state index contributed by atoms with van der Waals surface area (Å²) in [5, 5.41) is 8.63. The SMILES string of the molecule is CN(C)c1ncccc1OC1CCN(C(=O)CCC(=O)O)C1. The van der Waals surface area contributed by atoms with Gasteiger partial charge in [0.2, 0.25) is 5.91 Å². The van der Waals surface area contributed by atoms with Gasteiger partial charge < -0.3 is 19.6 Å². The molecule has 2 rings (SSSR count). The number of aromatic nitrogens is 1. The third-order valence-electron chi connectivity index (χ3n) is 3.52. The first kappa shape index (κ1) is 16.1. The van der Waals surface area contributed by atoms with Gasteiger partial charge in [-0.15, -0.1) is 0 Å². The second-order valence-corrected chi connectivity index (χ2v) is 5.48. The number of likely N-dealkylation sites (tertiary alicyclic amines) is 1. The summed E-state index contributed by atoms with van der Waals surface area (Å²) in [5.74, 6) is 0.356. The average molecular weight is 307 g/mol. The van der Waals surface area contributed by atoms with E-state index in [0.29, 0.717) is 18.8 Å². The molecule has 1 saturated heterocycles. The van der Waals surface area contributed by atoms with E-state index < -0.39 is 5.97 Å². The zero-order valence-corrected chi connectivity index (χ0v) is 12.9. The number of pyridine rings is 1. The van der Waals surface area contributed by atoms with E-state index in [-0.39, 0.29) is 24.9 Å². The van der Waals surface area contributed by atoms with Crippen molar-refractivity contribution in [3.63, 3.8) is 0 Å². The highest BCUT2D eigenvalue weighted by Crippen LogP contribution is 2.26. The van der Waals surface area contributed by atoms with Gasteiger partial charge in [0.25, 0.3) is 0 Å². The summed E-state index contributed by atoms with van der Waals surface area (Å²) in [6, 6.07) is 3.67. The van der Waals surface area contributed by atoms with Crippen molar-refractivity contribution in [2.45, 2.75) is 25.4 Å². The number of hydrogen-bond donors (Lipinski definition) is 1. The van der Waals surface area contributed by atoms with Gasteiger partial charge in [0.1, 0.15) is 6.10 Å². The second-order valence-electron chi connectivity index (χ2n) is 5.48. The van der Waals surface area contributed by atoms with Crippen molar-refractivity contribution >= 4 is 17.7 Å². The van der Waals surface area contributed by atoms with Crippen molar-refractivity contribution < 1.29 is 19.4 Å². The fourth-order valence-corrected chi connectivity index (χ4v) is 2.41. The largest absolute Gasteiger partial charge is 0.485 e. The molecule has 0 bridgehead atoms. The van der Waals surface area contributed by atoms with E-state index in [9.17, 15) is 9.59 Å². The summed E-state index contributed by atoms with van der Waals surface area (Å²) in [4.78, 5) is 30.2. The average Bonchev–Trinajstić information content (AvgIpc) is 2.93. The molecule has 1 atom stereocenters. The van der Waals surface area contributed by atoms with Crippen molar-refractivity contribution in [1.82, 2.24) is 9.88 Å². The van der Waals surface area contributed by atoms with E-state index in [0.717, 1.165) is 12.2 Å². The van der Waals surface area contributed by atoms with Crippen LogP contribution in [0.25, 0.3) is 0 Å². The number of carbonyl (C=O) groups is 2. The Morgan fingerprint density at radius 3 is 2.91 bits per heavy atom. The summed E-state index contributed by atoms with van der Waals surface area (Å²) in [7, 11) is 3.79. The lowest BCUT2D eigenvalue weighted by Gasteiger charge is -2.20. The number of aliphatic carboxylic acids is 1. The van der Waals surface area contributed by atoms with Crippen molar-refractivity contribution in [2.24, 2.45) is 0 Å². The van der Waals surface area contributed by atoms with Crippen LogP contribution in [0.1, 0.15) is 19.3 Å². The van der Waals surface area contributed by atoms with Crippen LogP contribution in [-0.4, -0.2) is 60.2 Å². The van der Waals surface area contributed by atoms with Crippen molar-refractivity contribution in [3.8, 4) is 5.75 Å². The first-order valence-corrected chi connectivity index (χ1v) is 7.26. The van der Waals surface area contributed by atoms with Crippen LogP contribution in [0, 0.1) is 0 Å². The number of hydrogen-bond acceptors (Lipinski definition) is 5. The first-order valence-electron chi connectivity index (χ1n) is 7.26. The number of amides is 1. The summed E-state index contributed by atoms with van der Waals surface area (Å²) >= 11 is 0. The molecule has 0 aliphatic carbocycles. The lowest BCUT2D eigenvalue weighted by molar-refractivity contribution is -0.140. The van der Waals surface area contributed by atoms with Gasteiger partial charge in [-0.3, -0.25) is 9.59 Å². The van der Waals surface area contributed by atoms with Gasteiger partial charge in [0, 0.05) is 39.7 Å². The molecule has 0 saturated carbocycles. The van der Waals surface area contributed by atoms with E-state index in [1.807, 2.05) is 31.1 Å². The summed E-state index contributed by atoms with van der Waals surface area (Å²) in [5.41, 5.74) is 0. The molecule has 1 aliphatic heterocycles. The van der Waals surface area contributed by atoms with Crippen molar-refractivity contribution in [2.75, 3.05) is 32.1 Å². The number of carboxylic acids is 1. The summed E-state index contributed by atoms with van der Waals surface area (Å²) in [6.07, 6.45) is 2.27. The fraction of sp³-hybridized carbons (Fsp3) is 0.533. The van der Waals surface area contributed by atoms with Crippen LogP contribution in [0.15, 0.2) is 18.3 Å². The maximum Gasteiger partial charge on any atom is 0.303 e. The zero-order valence-electron chi connectivity index (χ0n) is 12.9. The number of anilines is 1. The molecule has 1 unspecified atom stereocenters. The zero-order chi connectivity index (χ0) is 16.1. The van der Waals surface area contributed by atoms with Crippen LogP contribution in [0.4, 0.5) is 5.82 Å². The predicted octanol–water partition coefficient (Wildman–Crippen LogP) is 0.992. The van der Waals surface area contributed by atoms with Gasteiger partial charge in [-0.2, -0.15) is 0 Å². The minimum Gasteiger partial charge on any atom is -0.485 e. The Morgan fingerprint density at radius 2 is 2.23 bits per heavy atom. The van der Waals surface area contributed by atoms with Gasteiger partial charge in [-0.25, -0.2) is 4.98 Å². The Balaban J connectivity index is 1.91. The molecule has 1 fully saturated rings. The number of carbonyl (C=O) groups excluding carboxylic acids is 1. The fourth-order valence-electron chi connectivity index (χ4n) is 2.41. The molecule has 1 aromatic rings. The molecule has 0 aromatic carbocycles. The molecule has 7 heteroatoms. The summed E-state index contributed by atoms with van der Waals surface area (Å²) in [6.45, 7) is 1.08. The Labute approximate surface area is 129 Å². The monoisotopic (exact) mass is 307 g/mol. The van der Waals surface area contributed by atoms with E-state index in [2.05, 4.69) is 4.98 Å². The number of ether oxygens (including phenoxy) is 1. The summed E-state index contributed by atoms with van der Waals surface area (Å²) < 4.78 is 5.96. The molecular formula is C15H21N3O4. The van der Waals surface area contributed by atoms with E-state index in [1.54, 1.807) is 11.1 Å². The third kappa shape index (κ3) is 4.09. The van der Waals surface area contributed by atoms with Crippen LogP contribution in [0.2, 0.25) is 0 Å². The Morgan fingerprint density at radius 1 is 1.45 bits per heavy atom. The standard InChI is InChI=1S/C15H21N3O4/c1-17(2)15-12(4-3-8-16-15)22-11-7-9-18(10-11)13(19)5-6-14(20)21/h3-4,8,11H,5-7,9-10H2,1-2H3,(H,20,21). The van der Waals surface area contributed by atoms with Crippen LogP contribution in [0.3, 0.4) is 0 Å². The smallest absolute Gasteiger partial charge is 0.303 e. The molecule has 1 N–H and O–H groups in total. The highest BCUT2D eigenvalue weighted by molar-refractivity contribution is 5.80. The molecule has 22 heavy (non-hydrogen) atoms. The van der Waals surface area contributed by atoms with Crippen LogP contribution in [-0.2, 0) is 9.59 Å². The van der Waals surface area contributed by atoms with Crippen LogP contribution < -0.4 is 9.64 Å². The van der Waals surface area contributed by atoms with Crippen molar-refractivity contribution in [1.29, 1.82) is 0 Å². The lowest BCUT2D eigenvalue weighted by Crippen LogP contribution is -2.31. The van der Waals surface area contributed by atoms with Crippen LogP contribution in [0.5, 0.6) is 5.75 Å². The lowest BCUT2D eigenvalue weighted by atomic mass is 10.3. The Hall–Kier alpha value is -2.31. The quantitative estimate of drug-likeness (QED) is 0.844. The molecule has 1 aliphatic rings. The third-order valence-corrected chi connectivity index (χ3v) is 3.52. The number of rotatable bonds is 6. The molecule has 120 valence electrons. The maximum absolute atomic E-state index is 11.9. The number of carboxylic acid groups (broad SMARTS) is 1. The molecule has 1 aromatic heterocycles. The predicted molar refractivity (Wildman–Crippen MR) is 81.0 cm³/mol. The van der Waals surface area contributed by atoms with E-state index in [4.69, 9.17) is 9.84 Å². The molecule has 0 spiro atoms. The Kier molecular flexibility index (Phi) is 5.19. The normalized spacial score (nSPS) is 17.4. The van der Waals surface area contributed by atoms with Gasteiger partial charge in [-0.1, -0.05) is 0 Å². The van der Waals surface area contributed by atoms with Gasteiger partial charge in [-0.05, 0) is 12.1 Å².